The summed E-state index contributed by atoms with van der Waals surface area (Å²) in [5, 5.41) is 5.57. The van der Waals surface area contributed by atoms with Crippen LogP contribution in [0.15, 0.2) is 25.0 Å². The van der Waals surface area contributed by atoms with Crippen LogP contribution in [0, 0.1) is 0 Å². The van der Waals surface area contributed by atoms with E-state index in [-0.39, 0.29) is 12.3 Å². The first-order valence-corrected chi connectivity index (χ1v) is 6.81. The summed E-state index contributed by atoms with van der Waals surface area (Å²) in [6, 6.07) is -1.30. The normalized spacial score (nSPS) is 13.5. The molecule has 6 N–H and O–H groups in total. The van der Waals surface area contributed by atoms with E-state index in [0.717, 1.165) is 11.4 Å². The van der Waals surface area contributed by atoms with Gasteiger partial charge in [-0.15, -0.1) is 0 Å². The van der Waals surface area contributed by atoms with Gasteiger partial charge in [0.2, 0.25) is 11.8 Å². The molecule has 0 bridgehead atoms. The number of hydrogen-bond donors (Lipinski definition) is 5. The van der Waals surface area contributed by atoms with Crippen LogP contribution in [0.5, 0.6) is 0 Å². The third-order valence-corrected chi connectivity index (χ3v) is 3.28. The Bertz CT molecular complexity index is 594. The molecule has 0 saturated carbocycles. The van der Waals surface area contributed by atoms with Crippen molar-refractivity contribution in [1.29, 1.82) is 0 Å². The summed E-state index contributed by atoms with van der Waals surface area (Å²) in [4.78, 5) is 37.4. The Morgan fingerprint density at radius 3 is 2.09 bits per heavy atom. The Morgan fingerprint density at radius 1 is 1.14 bits per heavy atom. The van der Waals surface area contributed by atoms with Crippen molar-refractivity contribution in [3.8, 4) is 0 Å². The maximum absolute atomic E-state index is 12.3. The van der Waals surface area contributed by atoms with Crippen molar-refractivity contribution in [1.82, 2.24) is 30.6 Å². The minimum absolute atomic E-state index is 0.265. The summed E-state index contributed by atoms with van der Waals surface area (Å²) in [7, 11) is 1.68. The second-order valence-electron chi connectivity index (χ2n) is 4.87. The smallest absolute Gasteiger partial charge is 0.240 e. The van der Waals surface area contributed by atoms with Crippen LogP contribution < -0.4 is 16.4 Å². The van der Waals surface area contributed by atoms with E-state index in [1.54, 1.807) is 25.8 Å². The number of H-pyrrole nitrogens is 2. The largest absolute Gasteiger partial charge is 0.368 e. The van der Waals surface area contributed by atoms with Crippen LogP contribution in [0.3, 0.4) is 0 Å². The van der Waals surface area contributed by atoms with Gasteiger partial charge in [0.15, 0.2) is 0 Å². The zero-order valence-electron chi connectivity index (χ0n) is 12.2. The Hall–Kier alpha value is -2.68. The van der Waals surface area contributed by atoms with E-state index in [4.69, 9.17) is 5.73 Å². The average Bonchev–Trinajstić information content (AvgIpc) is 3.17. The lowest BCUT2D eigenvalue weighted by molar-refractivity contribution is -0.128. The third-order valence-electron chi connectivity index (χ3n) is 3.28. The van der Waals surface area contributed by atoms with Gasteiger partial charge in [-0.3, -0.25) is 9.59 Å². The Kier molecular flexibility index (Phi) is 5.26. The number of rotatable bonds is 8. The SMILES string of the molecule is CN[C@@H](Cc1cnc[nH]1)C(=O)N[C@@H](Cc1cnc[nH]1)C(N)=O. The zero-order valence-corrected chi connectivity index (χ0v) is 12.2. The van der Waals surface area contributed by atoms with Crippen molar-refractivity contribution >= 4 is 11.8 Å². The highest BCUT2D eigenvalue weighted by Crippen LogP contribution is 2.02. The number of amides is 2. The van der Waals surface area contributed by atoms with Gasteiger partial charge in [-0.05, 0) is 7.05 Å². The van der Waals surface area contributed by atoms with E-state index in [1.807, 2.05) is 0 Å². The fourth-order valence-corrected chi connectivity index (χ4v) is 2.05. The topological polar surface area (TPSA) is 142 Å². The first kappa shape index (κ1) is 15.7. The van der Waals surface area contributed by atoms with E-state index in [1.165, 1.54) is 6.33 Å². The molecule has 9 nitrogen and oxygen atoms in total. The first-order valence-electron chi connectivity index (χ1n) is 6.81. The average molecular weight is 305 g/mol. The van der Waals surface area contributed by atoms with Gasteiger partial charge >= 0.3 is 0 Å². The Balaban J connectivity index is 1.98. The standard InChI is InChI=1S/C13H19N7O2/c1-15-11(3-9-5-17-7-19-9)13(22)20-10(12(14)21)2-8-4-16-6-18-8/h4-7,10-11,15H,2-3H2,1H3,(H2,14,21)(H,16,18)(H,17,19)(H,20,22)/t10-,11-/m0/s1. The number of aromatic amines is 2. The molecule has 0 aliphatic rings. The molecule has 2 heterocycles. The van der Waals surface area contributed by atoms with Crippen LogP contribution in [0.25, 0.3) is 0 Å². The number of nitrogens with one attached hydrogen (secondary N) is 4. The summed E-state index contributed by atoms with van der Waals surface area (Å²) in [5.41, 5.74) is 6.89. The number of carbonyl (C=O) groups excluding carboxylic acids is 2. The molecule has 2 amide bonds. The predicted molar refractivity (Wildman–Crippen MR) is 78.6 cm³/mol. The molecule has 0 spiro atoms. The summed E-state index contributed by atoms with van der Waals surface area (Å²) in [6.45, 7) is 0. The highest BCUT2D eigenvalue weighted by molar-refractivity contribution is 5.89. The van der Waals surface area contributed by atoms with Crippen molar-refractivity contribution in [2.45, 2.75) is 24.9 Å². The highest BCUT2D eigenvalue weighted by atomic mass is 16.2. The molecule has 2 aromatic heterocycles. The van der Waals surface area contributed by atoms with Crippen molar-refractivity contribution in [2.24, 2.45) is 5.73 Å². The van der Waals surface area contributed by atoms with Gasteiger partial charge < -0.3 is 26.3 Å². The van der Waals surface area contributed by atoms with Crippen LogP contribution in [0.4, 0.5) is 0 Å². The summed E-state index contributed by atoms with van der Waals surface area (Å²) < 4.78 is 0. The van der Waals surface area contributed by atoms with E-state index in [2.05, 4.69) is 30.6 Å². The van der Waals surface area contributed by atoms with Gasteiger partial charge in [0.05, 0.1) is 18.7 Å². The zero-order chi connectivity index (χ0) is 15.9. The maximum atomic E-state index is 12.3. The van der Waals surface area contributed by atoms with E-state index < -0.39 is 18.0 Å². The quantitative estimate of drug-likeness (QED) is 0.402. The van der Waals surface area contributed by atoms with E-state index >= 15 is 0 Å². The fourth-order valence-electron chi connectivity index (χ4n) is 2.05. The minimum atomic E-state index is -0.800. The molecule has 22 heavy (non-hydrogen) atoms. The lowest BCUT2D eigenvalue weighted by Gasteiger charge is -2.20. The summed E-state index contributed by atoms with van der Waals surface area (Å²) in [5.74, 6) is -0.903. The van der Waals surface area contributed by atoms with Crippen LogP contribution >= 0.6 is 0 Å². The molecule has 0 unspecified atom stereocenters. The number of nitrogens with zero attached hydrogens (tertiary/aromatic N) is 2. The van der Waals surface area contributed by atoms with Crippen LogP contribution in [0.2, 0.25) is 0 Å². The molecule has 9 heteroatoms. The molecule has 2 atom stereocenters. The van der Waals surface area contributed by atoms with Gasteiger partial charge in [0.25, 0.3) is 0 Å². The number of aromatic nitrogens is 4. The van der Waals surface area contributed by atoms with E-state index in [9.17, 15) is 9.59 Å². The van der Waals surface area contributed by atoms with Crippen molar-refractivity contribution < 1.29 is 9.59 Å². The number of likely N-dealkylation sites (N-methyl/N-ethyl adjacent to an activating group) is 1. The van der Waals surface area contributed by atoms with Gasteiger partial charge in [0, 0.05) is 36.6 Å². The molecule has 0 aromatic carbocycles. The van der Waals surface area contributed by atoms with Gasteiger partial charge in [-0.1, -0.05) is 0 Å². The molecule has 0 radical (unpaired) electrons. The van der Waals surface area contributed by atoms with Crippen LogP contribution in [0.1, 0.15) is 11.4 Å². The lowest BCUT2D eigenvalue weighted by atomic mass is 10.1. The monoisotopic (exact) mass is 305 g/mol. The molecule has 0 aliphatic carbocycles. The Labute approximate surface area is 127 Å². The summed E-state index contributed by atoms with van der Waals surface area (Å²) in [6.07, 6.45) is 6.98. The molecular formula is C13H19N7O2. The lowest BCUT2D eigenvalue weighted by Crippen LogP contribution is -2.52. The van der Waals surface area contributed by atoms with Crippen LogP contribution in [-0.2, 0) is 22.4 Å². The highest BCUT2D eigenvalue weighted by Gasteiger charge is 2.24. The number of carbonyl (C=O) groups is 2. The maximum Gasteiger partial charge on any atom is 0.240 e. The Morgan fingerprint density at radius 2 is 1.68 bits per heavy atom. The molecular weight excluding hydrogens is 286 g/mol. The van der Waals surface area contributed by atoms with Gasteiger partial charge in [-0.2, -0.15) is 0 Å². The third kappa shape index (κ3) is 4.16. The number of hydrogen-bond acceptors (Lipinski definition) is 5. The second-order valence-corrected chi connectivity index (χ2v) is 4.87. The summed E-state index contributed by atoms with van der Waals surface area (Å²) >= 11 is 0. The number of nitrogens with two attached hydrogens (primary N) is 1. The second kappa shape index (κ2) is 7.36. The van der Waals surface area contributed by atoms with Gasteiger partial charge in [-0.25, -0.2) is 9.97 Å². The number of imidazole rings is 2. The molecule has 2 rings (SSSR count). The van der Waals surface area contributed by atoms with E-state index in [0.29, 0.717) is 6.42 Å². The number of primary amides is 1. The fraction of sp³-hybridized carbons (Fsp3) is 0.385. The molecule has 0 fully saturated rings. The molecule has 118 valence electrons. The van der Waals surface area contributed by atoms with Crippen molar-refractivity contribution in [3.05, 3.63) is 36.4 Å². The first-order chi connectivity index (χ1) is 10.6. The van der Waals surface area contributed by atoms with Crippen molar-refractivity contribution in [3.63, 3.8) is 0 Å². The molecule has 0 saturated heterocycles. The van der Waals surface area contributed by atoms with Crippen LogP contribution in [-0.4, -0.2) is 50.9 Å². The minimum Gasteiger partial charge on any atom is -0.368 e. The predicted octanol–water partition coefficient (Wildman–Crippen LogP) is -1.52. The molecule has 2 aromatic rings. The van der Waals surface area contributed by atoms with Gasteiger partial charge in [0.1, 0.15) is 6.04 Å². The van der Waals surface area contributed by atoms with Crippen molar-refractivity contribution in [2.75, 3.05) is 7.05 Å². The molecule has 0 aliphatic heterocycles.